The maximum absolute atomic E-state index is 10.3. The standard InChI is InChI=1S/C15H25NO3/c1-12(16-2)15-13(19-15)10-8-6-4-3-5-7-9-11-14(17)18/h12-13,15H,3-11H2,1H3,(H,17,18)/t12?,13-,15+/m0/s1. The molecular weight excluding hydrogens is 242 g/mol. The molecule has 0 amide bonds. The molecule has 1 heterocycles. The normalized spacial score (nSPS) is 22.7. The lowest BCUT2D eigenvalue weighted by Crippen LogP contribution is -2.07. The predicted octanol–water partition coefficient (Wildman–Crippen LogP) is 3.66. The zero-order chi connectivity index (χ0) is 14.1. The van der Waals surface area contributed by atoms with Crippen LogP contribution < -0.4 is 0 Å². The lowest BCUT2D eigenvalue weighted by atomic mass is 10.0. The Bertz CT molecular complexity index is 311. The molecule has 0 aliphatic carbocycles. The van der Waals surface area contributed by atoms with Crippen LogP contribution >= 0.6 is 0 Å². The van der Waals surface area contributed by atoms with E-state index in [0.717, 1.165) is 25.7 Å². The Kier molecular flexibility index (Phi) is 7.50. The van der Waals surface area contributed by atoms with Crippen molar-refractivity contribution >= 4 is 5.97 Å². The fourth-order valence-corrected chi connectivity index (χ4v) is 2.39. The predicted molar refractivity (Wildman–Crippen MR) is 73.9 cm³/mol. The fourth-order valence-electron chi connectivity index (χ4n) is 2.39. The second-order valence-electron chi connectivity index (χ2n) is 5.42. The van der Waals surface area contributed by atoms with Gasteiger partial charge in [0.2, 0.25) is 6.04 Å². The van der Waals surface area contributed by atoms with E-state index in [9.17, 15) is 4.79 Å². The van der Waals surface area contributed by atoms with E-state index in [-0.39, 0.29) is 12.1 Å². The molecule has 108 valence electrons. The van der Waals surface area contributed by atoms with Gasteiger partial charge in [-0.2, -0.15) is 0 Å². The number of carbonyl (C=O) groups is 1. The highest BCUT2D eigenvalue weighted by Gasteiger charge is 2.45. The molecule has 1 aliphatic heterocycles. The molecule has 1 fully saturated rings. The van der Waals surface area contributed by atoms with Gasteiger partial charge in [-0.1, -0.05) is 38.5 Å². The Morgan fingerprint density at radius 2 is 1.79 bits per heavy atom. The minimum atomic E-state index is -0.687. The van der Waals surface area contributed by atoms with Gasteiger partial charge in [0, 0.05) is 13.3 Å². The molecule has 0 aromatic rings. The minimum Gasteiger partial charge on any atom is -0.481 e. The summed E-state index contributed by atoms with van der Waals surface area (Å²) in [6.07, 6.45) is 9.72. The van der Waals surface area contributed by atoms with Crippen molar-refractivity contribution in [1.29, 1.82) is 0 Å². The Hall–Kier alpha value is -1.08. The number of nitrogens with zero attached hydrogens (tertiary/aromatic N) is 1. The van der Waals surface area contributed by atoms with Gasteiger partial charge in [-0.15, -0.1) is 0 Å². The van der Waals surface area contributed by atoms with Crippen LogP contribution in [-0.4, -0.2) is 29.3 Å². The number of hydrogen-bond acceptors (Lipinski definition) is 2. The van der Waals surface area contributed by atoms with Crippen molar-refractivity contribution in [2.45, 2.75) is 83.0 Å². The van der Waals surface area contributed by atoms with Crippen LogP contribution in [0.15, 0.2) is 0 Å². The van der Waals surface area contributed by atoms with E-state index in [4.69, 9.17) is 16.4 Å². The van der Waals surface area contributed by atoms with E-state index in [1.54, 1.807) is 0 Å². The topological polar surface area (TPSA) is 54.2 Å². The van der Waals surface area contributed by atoms with Gasteiger partial charge in [-0.3, -0.25) is 4.79 Å². The molecule has 0 saturated carbocycles. The van der Waals surface area contributed by atoms with E-state index >= 15 is 0 Å². The fraction of sp³-hybridized carbons (Fsp3) is 0.867. The summed E-state index contributed by atoms with van der Waals surface area (Å²) in [5.41, 5.74) is 0. The van der Waals surface area contributed by atoms with Gasteiger partial charge in [0.1, 0.15) is 0 Å². The molecule has 0 bridgehead atoms. The average molecular weight is 267 g/mol. The molecule has 1 unspecified atom stereocenters. The van der Waals surface area contributed by atoms with E-state index in [1.807, 2.05) is 6.92 Å². The SMILES string of the molecule is [C-]#[N+]C(C)[C@H]1O[C@H]1CCCCCCCCCC(=O)O. The van der Waals surface area contributed by atoms with E-state index in [2.05, 4.69) is 4.85 Å². The highest BCUT2D eigenvalue weighted by atomic mass is 16.6. The van der Waals surface area contributed by atoms with Crippen molar-refractivity contribution in [2.75, 3.05) is 0 Å². The number of carboxylic acid groups (broad SMARTS) is 1. The van der Waals surface area contributed by atoms with Crippen molar-refractivity contribution < 1.29 is 14.6 Å². The first kappa shape index (κ1) is 16.0. The summed E-state index contributed by atoms with van der Waals surface area (Å²) in [5.74, 6) is -0.687. The third-order valence-corrected chi connectivity index (χ3v) is 3.68. The summed E-state index contributed by atoms with van der Waals surface area (Å²) in [4.78, 5) is 13.8. The van der Waals surface area contributed by atoms with Crippen molar-refractivity contribution in [3.63, 3.8) is 0 Å². The van der Waals surface area contributed by atoms with Crippen molar-refractivity contribution in [3.05, 3.63) is 11.4 Å². The van der Waals surface area contributed by atoms with Crippen LogP contribution in [0.25, 0.3) is 4.85 Å². The summed E-state index contributed by atoms with van der Waals surface area (Å²) >= 11 is 0. The second-order valence-corrected chi connectivity index (χ2v) is 5.42. The number of epoxide rings is 1. The Labute approximate surface area is 116 Å². The van der Waals surface area contributed by atoms with E-state index in [1.165, 1.54) is 25.7 Å². The molecule has 3 atom stereocenters. The molecule has 0 aromatic carbocycles. The number of ether oxygens (including phenoxy) is 1. The molecule has 1 rings (SSSR count). The lowest BCUT2D eigenvalue weighted by Gasteiger charge is -2.00. The van der Waals surface area contributed by atoms with Gasteiger partial charge in [-0.05, 0) is 12.8 Å². The molecule has 1 N–H and O–H groups in total. The highest BCUT2D eigenvalue weighted by molar-refractivity contribution is 5.66. The highest BCUT2D eigenvalue weighted by Crippen LogP contribution is 2.31. The zero-order valence-electron chi connectivity index (χ0n) is 11.8. The van der Waals surface area contributed by atoms with Gasteiger partial charge in [0.25, 0.3) is 0 Å². The Morgan fingerprint density at radius 3 is 2.37 bits per heavy atom. The summed E-state index contributed by atoms with van der Waals surface area (Å²) in [5, 5.41) is 8.49. The van der Waals surface area contributed by atoms with Crippen LogP contribution in [0.1, 0.15) is 64.7 Å². The third kappa shape index (κ3) is 7.17. The van der Waals surface area contributed by atoms with Crippen molar-refractivity contribution in [3.8, 4) is 0 Å². The van der Waals surface area contributed by atoms with Gasteiger partial charge >= 0.3 is 5.97 Å². The first-order valence-corrected chi connectivity index (χ1v) is 7.39. The first-order valence-electron chi connectivity index (χ1n) is 7.39. The molecule has 19 heavy (non-hydrogen) atoms. The summed E-state index contributed by atoms with van der Waals surface area (Å²) in [6, 6.07) is 0.0132. The number of unbranched alkanes of at least 4 members (excludes halogenated alkanes) is 6. The van der Waals surface area contributed by atoms with Crippen LogP contribution in [-0.2, 0) is 9.53 Å². The van der Waals surface area contributed by atoms with E-state index in [0.29, 0.717) is 12.5 Å². The monoisotopic (exact) mass is 267 g/mol. The van der Waals surface area contributed by atoms with Crippen LogP contribution in [0, 0.1) is 6.57 Å². The van der Waals surface area contributed by atoms with Crippen molar-refractivity contribution in [2.24, 2.45) is 0 Å². The minimum absolute atomic E-state index is 0.0132. The van der Waals surface area contributed by atoms with Gasteiger partial charge in [-0.25, -0.2) is 6.57 Å². The van der Waals surface area contributed by atoms with E-state index < -0.39 is 5.97 Å². The quantitative estimate of drug-likeness (QED) is 0.353. The number of carboxylic acids is 1. The van der Waals surface area contributed by atoms with Gasteiger partial charge in [0.15, 0.2) is 6.10 Å². The second kappa shape index (κ2) is 8.92. The number of rotatable bonds is 11. The van der Waals surface area contributed by atoms with Crippen LogP contribution in [0.2, 0.25) is 0 Å². The summed E-state index contributed by atoms with van der Waals surface area (Å²) < 4.78 is 5.48. The van der Waals surface area contributed by atoms with Crippen molar-refractivity contribution in [1.82, 2.24) is 0 Å². The zero-order valence-corrected chi connectivity index (χ0v) is 11.8. The Morgan fingerprint density at radius 1 is 1.21 bits per heavy atom. The maximum atomic E-state index is 10.3. The maximum Gasteiger partial charge on any atom is 0.303 e. The molecule has 0 radical (unpaired) electrons. The van der Waals surface area contributed by atoms with Crippen LogP contribution in [0.5, 0.6) is 0 Å². The molecule has 1 aliphatic rings. The third-order valence-electron chi connectivity index (χ3n) is 3.68. The molecule has 4 nitrogen and oxygen atoms in total. The Balaban J connectivity index is 1.80. The smallest absolute Gasteiger partial charge is 0.303 e. The molecule has 0 aromatic heterocycles. The molecule has 0 spiro atoms. The summed E-state index contributed by atoms with van der Waals surface area (Å²) in [6.45, 7) is 8.85. The van der Waals surface area contributed by atoms with Crippen LogP contribution in [0.4, 0.5) is 0 Å². The molecular formula is C15H25NO3. The van der Waals surface area contributed by atoms with Gasteiger partial charge in [0.05, 0.1) is 6.10 Å². The van der Waals surface area contributed by atoms with Gasteiger partial charge < -0.3 is 14.7 Å². The summed E-state index contributed by atoms with van der Waals surface area (Å²) in [7, 11) is 0. The largest absolute Gasteiger partial charge is 0.481 e. The number of aliphatic carboxylic acids is 1. The average Bonchev–Trinajstić information content (AvgIpc) is 3.15. The lowest BCUT2D eigenvalue weighted by molar-refractivity contribution is -0.137. The van der Waals surface area contributed by atoms with Crippen LogP contribution in [0.3, 0.4) is 0 Å². The first-order chi connectivity index (χ1) is 9.15. The number of hydrogen-bond donors (Lipinski definition) is 1. The molecule has 1 saturated heterocycles. The molecule has 4 heteroatoms.